The average Bonchev–Trinajstić information content (AvgIpc) is 2.10. The van der Waals surface area contributed by atoms with Gasteiger partial charge in [0.05, 0.1) is 6.61 Å². The molecule has 0 rings (SSSR count). The van der Waals surface area contributed by atoms with Crippen LogP contribution in [0.3, 0.4) is 0 Å². The first-order valence-corrected chi connectivity index (χ1v) is 4.63. The summed E-state index contributed by atoms with van der Waals surface area (Å²) in [4.78, 5) is 23.4. The first kappa shape index (κ1) is 13.7. The fourth-order valence-electron chi connectivity index (χ4n) is 0.695. The Morgan fingerprint density at radius 2 is 1.93 bits per heavy atom. The van der Waals surface area contributed by atoms with Crippen LogP contribution < -0.4 is 5.32 Å². The Kier molecular flexibility index (Phi) is 5.07. The molecule has 0 heterocycles. The number of amides is 3. The second kappa shape index (κ2) is 5.55. The third kappa shape index (κ3) is 5.90. The molecule has 88 valence electrons. The van der Waals surface area contributed by atoms with Crippen molar-refractivity contribution < 1.29 is 19.4 Å². The second-order valence-corrected chi connectivity index (χ2v) is 3.99. The SMILES string of the molecule is CN(C(=O)NCCO)C(=O)OC(C)(C)C. The van der Waals surface area contributed by atoms with E-state index in [0.29, 0.717) is 0 Å². The van der Waals surface area contributed by atoms with Crippen LogP contribution in [0.1, 0.15) is 20.8 Å². The largest absolute Gasteiger partial charge is 0.443 e. The number of ether oxygens (including phenoxy) is 1. The normalized spacial score (nSPS) is 10.7. The monoisotopic (exact) mass is 218 g/mol. The lowest BCUT2D eigenvalue weighted by Gasteiger charge is -2.23. The molecule has 6 heteroatoms. The van der Waals surface area contributed by atoms with Gasteiger partial charge in [-0.05, 0) is 20.8 Å². The van der Waals surface area contributed by atoms with Gasteiger partial charge in [-0.15, -0.1) is 0 Å². The molecule has 0 aromatic carbocycles. The van der Waals surface area contributed by atoms with E-state index in [4.69, 9.17) is 9.84 Å². The lowest BCUT2D eigenvalue weighted by Crippen LogP contribution is -2.44. The Bertz CT molecular complexity index is 235. The summed E-state index contributed by atoms with van der Waals surface area (Å²) in [5.74, 6) is 0. The molecule has 0 radical (unpaired) electrons. The molecular weight excluding hydrogens is 200 g/mol. The summed E-state index contributed by atoms with van der Waals surface area (Å²) < 4.78 is 4.96. The van der Waals surface area contributed by atoms with Crippen LogP contribution >= 0.6 is 0 Å². The molecule has 6 nitrogen and oxygen atoms in total. The maximum Gasteiger partial charge on any atom is 0.418 e. The second-order valence-electron chi connectivity index (χ2n) is 3.99. The van der Waals surface area contributed by atoms with Crippen molar-refractivity contribution in [3.63, 3.8) is 0 Å². The fourth-order valence-corrected chi connectivity index (χ4v) is 0.695. The van der Waals surface area contributed by atoms with E-state index in [1.165, 1.54) is 7.05 Å². The van der Waals surface area contributed by atoms with E-state index in [-0.39, 0.29) is 13.2 Å². The molecule has 15 heavy (non-hydrogen) atoms. The molecule has 0 aliphatic rings. The van der Waals surface area contributed by atoms with E-state index in [0.717, 1.165) is 4.90 Å². The van der Waals surface area contributed by atoms with Crippen LogP contribution in [-0.4, -0.2) is 47.9 Å². The molecule has 0 aliphatic heterocycles. The van der Waals surface area contributed by atoms with E-state index in [1.54, 1.807) is 20.8 Å². The van der Waals surface area contributed by atoms with Gasteiger partial charge in [-0.3, -0.25) is 0 Å². The maximum absolute atomic E-state index is 11.3. The minimum absolute atomic E-state index is 0.103. The molecule has 2 N–H and O–H groups in total. The fraction of sp³-hybridized carbons (Fsp3) is 0.778. The smallest absolute Gasteiger partial charge is 0.418 e. The molecule has 0 atom stereocenters. The molecular formula is C9H18N2O4. The molecule has 0 saturated heterocycles. The van der Waals surface area contributed by atoms with Gasteiger partial charge in [0, 0.05) is 13.6 Å². The number of carbonyl (C=O) groups excluding carboxylic acids is 2. The van der Waals surface area contributed by atoms with Gasteiger partial charge < -0.3 is 15.2 Å². The van der Waals surface area contributed by atoms with Crippen molar-refractivity contribution in [1.29, 1.82) is 0 Å². The summed E-state index contributed by atoms with van der Waals surface area (Å²) in [7, 11) is 1.31. The number of nitrogens with one attached hydrogen (secondary N) is 1. The Balaban J connectivity index is 4.14. The lowest BCUT2D eigenvalue weighted by atomic mass is 10.2. The molecule has 3 amide bonds. The summed E-state index contributed by atoms with van der Waals surface area (Å²) in [6.45, 7) is 5.07. The van der Waals surface area contributed by atoms with Gasteiger partial charge in [0.15, 0.2) is 0 Å². The predicted octanol–water partition coefficient (Wildman–Crippen LogP) is 0.555. The van der Waals surface area contributed by atoms with Crippen LogP contribution in [-0.2, 0) is 4.74 Å². The lowest BCUT2D eigenvalue weighted by molar-refractivity contribution is 0.0358. The molecule has 0 bridgehead atoms. The van der Waals surface area contributed by atoms with Crippen LogP contribution in [0.5, 0.6) is 0 Å². The zero-order valence-corrected chi connectivity index (χ0v) is 9.53. The topological polar surface area (TPSA) is 78.9 Å². The van der Waals surface area contributed by atoms with Gasteiger partial charge in [0.2, 0.25) is 0 Å². The van der Waals surface area contributed by atoms with E-state index >= 15 is 0 Å². The molecule has 0 aliphatic carbocycles. The van der Waals surface area contributed by atoms with E-state index < -0.39 is 17.7 Å². The van der Waals surface area contributed by atoms with Crippen molar-refractivity contribution in [1.82, 2.24) is 10.2 Å². The number of aliphatic hydroxyl groups excluding tert-OH is 1. The van der Waals surface area contributed by atoms with Crippen molar-refractivity contribution in [2.24, 2.45) is 0 Å². The van der Waals surface area contributed by atoms with Crippen LogP contribution in [0.15, 0.2) is 0 Å². The van der Waals surface area contributed by atoms with Crippen molar-refractivity contribution >= 4 is 12.1 Å². The number of imide groups is 1. The molecule has 0 saturated carbocycles. The van der Waals surface area contributed by atoms with Gasteiger partial charge in [-0.1, -0.05) is 0 Å². The summed E-state index contributed by atoms with van der Waals surface area (Å²) in [5.41, 5.74) is -0.636. The molecule has 0 spiro atoms. The molecule has 0 unspecified atom stereocenters. The first-order chi connectivity index (χ1) is 6.78. The number of hydrogen-bond acceptors (Lipinski definition) is 4. The average molecular weight is 218 g/mol. The quantitative estimate of drug-likeness (QED) is 0.709. The minimum Gasteiger partial charge on any atom is -0.443 e. The Hall–Kier alpha value is -1.30. The van der Waals surface area contributed by atoms with Crippen LogP contribution in [0.4, 0.5) is 9.59 Å². The van der Waals surface area contributed by atoms with E-state index in [1.807, 2.05) is 0 Å². The predicted molar refractivity (Wildman–Crippen MR) is 54.5 cm³/mol. The van der Waals surface area contributed by atoms with Crippen molar-refractivity contribution in [3.05, 3.63) is 0 Å². The highest BCUT2D eigenvalue weighted by Gasteiger charge is 2.23. The Morgan fingerprint density at radius 3 is 2.33 bits per heavy atom. The van der Waals surface area contributed by atoms with Gasteiger partial charge in [0.25, 0.3) is 0 Å². The van der Waals surface area contributed by atoms with Crippen molar-refractivity contribution in [2.45, 2.75) is 26.4 Å². The van der Waals surface area contributed by atoms with Gasteiger partial charge >= 0.3 is 12.1 Å². The van der Waals surface area contributed by atoms with Gasteiger partial charge in [-0.2, -0.15) is 0 Å². The number of aliphatic hydroxyl groups is 1. The summed E-state index contributed by atoms with van der Waals surface area (Å²) in [6.07, 6.45) is -0.724. The zero-order valence-electron chi connectivity index (χ0n) is 9.53. The highest BCUT2D eigenvalue weighted by atomic mass is 16.6. The van der Waals surface area contributed by atoms with Crippen LogP contribution in [0.25, 0.3) is 0 Å². The van der Waals surface area contributed by atoms with Crippen molar-refractivity contribution in [3.8, 4) is 0 Å². The van der Waals surface area contributed by atoms with Gasteiger partial charge in [0.1, 0.15) is 5.60 Å². The number of nitrogens with zero attached hydrogens (tertiary/aromatic N) is 1. The minimum atomic E-state index is -0.724. The van der Waals surface area contributed by atoms with Crippen molar-refractivity contribution in [2.75, 3.05) is 20.2 Å². The zero-order chi connectivity index (χ0) is 12.1. The molecule has 0 aromatic heterocycles. The van der Waals surface area contributed by atoms with Crippen LogP contribution in [0.2, 0.25) is 0 Å². The first-order valence-electron chi connectivity index (χ1n) is 4.63. The Morgan fingerprint density at radius 1 is 1.40 bits per heavy atom. The number of carbonyl (C=O) groups is 2. The highest BCUT2D eigenvalue weighted by Crippen LogP contribution is 2.08. The summed E-state index contributed by atoms with van der Waals surface area (Å²) in [6, 6.07) is -0.599. The maximum atomic E-state index is 11.3. The third-order valence-corrected chi connectivity index (χ3v) is 1.36. The molecule has 0 fully saturated rings. The number of hydrogen-bond donors (Lipinski definition) is 2. The number of rotatable bonds is 2. The standard InChI is InChI=1S/C9H18N2O4/c1-9(2,3)15-8(14)11(4)7(13)10-5-6-12/h12H,5-6H2,1-4H3,(H,10,13). The van der Waals surface area contributed by atoms with E-state index in [2.05, 4.69) is 5.32 Å². The third-order valence-electron chi connectivity index (χ3n) is 1.36. The summed E-state index contributed by atoms with van der Waals surface area (Å²) in [5, 5.41) is 10.8. The number of urea groups is 1. The Labute approximate surface area is 89.2 Å². The summed E-state index contributed by atoms with van der Waals surface area (Å²) >= 11 is 0. The van der Waals surface area contributed by atoms with Crippen LogP contribution in [0, 0.1) is 0 Å². The van der Waals surface area contributed by atoms with Gasteiger partial charge in [-0.25, -0.2) is 14.5 Å². The molecule has 0 aromatic rings. The van der Waals surface area contributed by atoms with E-state index in [9.17, 15) is 9.59 Å². The highest BCUT2D eigenvalue weighted by molar-refractivity contribution is 5.90.